The molecule has 0 fully saturated rings. The second-order valence-electron chi connectivity index (χ2n) is 6.51. The number of para-hydroxylation sites is 1. The monoisotopic (exact) mass is 378 g/mol. The van der Waals surface area contributed by atoms with Crippen molar-refractivity contribution in [3.05, 3.63) is 46.2 Å². The van der Waals surface area contributed by atoms with Gasteiger partial charge in [-0.3, -0.25) is 4.79 Å². The Morgan fingerprint density at radius 3 is 3.04 bits per heavy atom. The fraction of sp³-hybridized carbons (Fsp3) is 0.158. The summed E-state index contributed by atoms with van der Waals surface area (Å²) >= 11 is 1.46. The lowest BCUT2D eigenvalue weighted by Gasteiger charge is -2.09. The molecule has 2 aromatic heterocycles. The number of amides is 1. The van der Waals surface area contributed by atoms with Gasteiger partial charge in [0, 0.05) is 28.2 Å². The maximum absolute atomic E-state index is 12.4. The van der Waals surface area contributed by atoms with Gasteiger partial charge in [0.25, 0.3) is 5.91 Å². The zero-order valence-electron chi connectivity index (χ0n) is 14.3. The van der Waals surface area contributed by atoms with Crippen molar-refractivity contribution < 1.29 is 9.21 Å². The summed E-state index contributed by atoms with van der Waals surface area (Å²) in [5.41, 5.74) is 2.82. The highest BCUT2D eigenvalue weighted by Crippen LogP contribution is 2.39. The minimum atomic E-state index is -0.0613. The molecule has 7 nitrogen and oxygen atoms in total. The maximum atomic E-state index is 12.4. The van der Waals surface area contributed by atoms with Crippen LogP contribution in [0, 0.1) is 4.91 Å². The standard InChI is InChI=1S/C19H14N4O3S/c1-9-8-20-15-11-7-10(5-6-14(11)27-17(15)18(24)21-9)19-22-16-12(23-25)3-2-4-13(16)26-19/h2-7,9,20H,8H2,1H3,(H,21,24)/t9-/m1/s1. The zero-order valence-corrected chi connectivity index (χ0v) is 15.1. The summed E-state index contributed by atoms with van der Waals surface area (Å²) in [6.07, 6.45) is 0. The first-order chi connectivity index (χ1) is 13.1. The van der Waals surface area contributed by atoms with Crippen molar-refractivity contribution >= 4 is 49.8 Å². The predicted molar refractivity (Wildman–Crippen MR) is 106 cm³/mol. The second kappa shape index (κ2) is 5.88. The number of fused-ring (bicyclic) bond motifs is 4. The van der Waals surface area contributed by atoms with Gasteiger partial charge in [-0.25, -0.2) is 4.98 Å². The Hall–Kier alpha value is -3.26. The summed E-state index contributed by atoms with van der Waals surface area (Å²) in [4.78, 5) is 28.5. The van der Waals surface area contributed by atoms with Crippen molar-refractivity contribution in [3.63, 3.8) is 0 Å². The molecule has 0 bridgehead atoms. The van der Waals surface area contributed by atoms with E-state index < -0.39 is 0 Å². The molecule has 0 saturated carbocycles. The number of aromatic nitrogens is 1. The van der Waals surface area contributed by atoms with Crippen LogP contribution >= 0.6 is 11.3 Å². The molecule has 1 atom stereocenters. The lowest BCUT2D eigenvalue weighted by molar-refractivity contribution is 0.0949. The summed E-state index contributed by atoms with van der Waals surface area (Å²) in [5, 5.41) is 10.3. The molecule has 3 heterocycles. The van der Waals surface area contributed by atoms with E-state index in [-0.39, 0.29) is 17.6 Å². The molecule has 1 aliphatic rings. The van der Waals surface area contributed by atoms with Gasteiger partial charge in [-0.05, 0) is 42.4 Å². The van der Waals surface area contributed by atoms with Gasteiger partial charge in [0.1, 0.15) is 16.1 Å². The van der Waals surface area contributed by atoms with Crippen LogP contribution in [0.2, 0.25) is 0 Å². The summed E-state index contributed by atoms with van der Waals surface area (Å²) in [6.45, 7) is 2.62. The quantitative estimate of drug-likeness (QED) is 0.495. The van der Waals surface area contributed by atoms with Gasteiger partial charge in [0.05, 0.1) is 5.69 Å². The van der Waals surface area contributed by atoms with Crippen molar-refractivity contribution in [3.8, 4) is 11.5 Å². The molecule has 2 N–H and O–H groups in total. The summed E-state index contributed by atoms with van der Waals surface area (Å²) < 4.78 is 6.83. The van der Waals surface area contributed by atoms with Crippen LogP contribution in [0.25, 0.3) is 32.6 Å². The number of carbonyl (C=O) groups excluding carboxylic acids is 1. The summed E-state index contributed by atoms with van der Waals surface area (Å²) in [5.74, 6) is 0.350. The highest BCUT2D eigenvalue weighted by atomic mass is 32.1. The summed E-state index contributed by atoms with van der Waals surface area (Å²) in [7, 11) is 0. The van der Waals surface area contributed by atoms with Crippen LogP contribution in [0.15, 0.2) is 46.0 Å². The highest BCUT2D eigenvalue weighted by molar-refractivity contribution is 7.21. The predicted octanol–water partition coefficient (Wildman–Crippen LogP) is 4.65. The second-order valence-corrected chi connectivity index (χ2v) is 7.56. The van der Waals surface area contributed by atoms with Crippen molar-refractivity contribution in [1.29, 1.82) is 0 Å². The van der Waals surface area contributed by atoms with E-state index in [1.54, 1.807) is 18.2 Å². The van der Waals surface area contributed by atoms with Crippen LogP contribution in [0.1, 0.15) is 16.6 Å². The molecule has 1 aliphatic heterocycles. The van der Waals surface area contributed by atoms with E-state index in [1.165, 1.54) is 11.3 Å². The fourth-order valence-electron chi connectivity index (χ4n) is 3.29. The number of carbonyl (C=O) groups is 1. The molecule has 27 heavy (non-hydrogen) atoms. The molecule has 0 unspecified atom stereocenters. The van der Waals surface area contributed by atoms with Gasteiger partial charge in [-0.2, -0.15) is 0 Å². The molecule has 1 amide bonds. The van der Waals surface area contributed by atoms with Gasteiger partial charge >= 0.3 is 0 Å². The largest absolute Gasteiger partial charge is 0.436 e. The number of benzene rings is 2. The molecule has 8 heteroatoms. The first-order valence-electron chi connectivity index (χ1n) is 8.48. The minimum Gasteiger partial charge on any atom is -0.436 e. The zero-order chi connectivity index (χ0) is 18.5. The molecule has 134 valence electrons. The van der Waals surface area contributed by atoms with E-state index >= 15 is 0 Å². The molecule has 0 saturated heterocycles. The van der Waals surface area contributed by atoms with Crippen LogP contribution in [-0.4, -0.2) is 23.5 Å². The van der Waals surface area contributed by atoms with Crippen molar-refractivity contribution in [1.82, 2.24) is 10.3 Å². The Balaban J connectivity index is 1.67. The minimum absolute atomic E-state index is 0.0571. The number of nitroso groups, excluding NO2 is 1. The van der Waals surface area contributed by atoms with E-state index in [0.717, 1.165) is 21.3 Å². The molecule has 0 aliphatic carbocycles. The third-order valence-corrected chi connectivity index (χ3v) is 5.77. The molecule has 0 spiro atoms. The number of nitrogens with zero attached hydrogens (tertiary/aromatic N) is 2. The van der Waals surface area contributed by atoms with E-state index in [0.29, 0.717) is 28.4 Å². The topological polar surface area (TPSA) is 96.6 Å². The number of hydrogen-bond acceptors (Lipinski definition) is 7. The molecular weight excluding hydrogens is 364 g/mol. The van der Waals surface area contributed by atoms with Gasteiger partial charge in [0.15, 0.2) is 5.58 Å². The van der Waals surface area contributed by atoms with E-state index in [9.17, 15) is 9.70 Å². The SMILES string of the molecule is C[C@@H]1CNc2c(sc3ccc(-c4nc5c(N=O)cccc5o4)cc23)C(=O)N1. The Morgan fingerprint density at radius 2 is 2.19 bits per heavy atom. The van der Waals surface area contributed by atoms with Gasteiger partial charge < -0.3 is 15.1 Å². The van der Waals surface area contributed by atoms with Crippen LogP contribution in [-0.2, 0) is 0 Å². The summed E-state index contributed by atoms with van der Waals surface area (Å²) in [6, 6.07) is 10.9. The van der Waals surface area contributed by atoms with Gasteiger partial charge in [0.2, 0.25) is 5.89 Å². The number of anilines is 1. The van der Waals surface area contributed by atoms with E-state index in [4.69, 9.17) is 4.42 Å². The normalized spacial score (nSPS) is 16.6. The molecule has 4 aromatic rings. The average Bonchev–Trinajstić information content (AvgIpc) is 3.23. The van der Waals surface area contributed by atoms with Crippen LogP contribution < -0.4 is 10.6 Å². The molecule has 2 aromatic carbocycles. The lowest BCUT2D eigenvalue weighted by Crippen LogP contribution is -2.34. The van der Waals surface area contributed by atoms with Crippen molar-refractivity contribution in [2.24, 2.45) is 5.18 Å². The third kappa shape index (κ3) is 2.48. The maximum Gasteiger partial charge on any atom is 0.263 e. The number of hydrogen-bond donors (Lipinski definition) is 2. The highest BCUT2D eigenvalue weighted by Gasteiger charge is 2.24. The van der Waals surface area contributed by atoms with Crippen LogP contribution in [0.4, 0.5) is 11.4 Å². The Kier molecular flexibility index (Phi) is 3.48. The average molecular weight is 378 g/mol. The number of thiophene rings is 1. The van der Waals surface area contributed by atoms with E-state index in [2.05, 4.69) is 20.8 Å². The van der Waals surface area contributed by atoms with Crippen LogP contribution in [0.5, 0.6) is 0 Å². The fourth-order valence-corrected chi connectivity index (χ4v) is 4.36. The molecular formula is C19H14N4O3S. The third-order valence-electron chi connectivity index (χ3n) is 4.60. The lowest BCUT2D eigenvalue weighted by atomic mass is 10.1. The molecule has 5 rings (SSSR count). The smallest absolute Gasteiger partial charge is 0.263 e. The Labute approximate surface area is 157 Å². The number of nitrogens with one attached hydrogen (secondary N) is 2. The molecule has 0 radical (unpaired) electrons. The Bertz CT molecular complexity index is 1230. The first kappa shape index (κ1) is 16.0. The van der Waals surface area contributed by atoms with Gasteiger partial charge in [-0.15, -0.1) is 16.2 Å². The van der Waals surface area contributed by atoms with Crippen molar-refractivity contribution in [2.45, 2.75) is 13.0 Å². The number of oxazole rings is 1. The Morgan fingerprint density at radius 1 is 1.30 bits per heavy atom. The van der Waals surface area contributed by atoms with E-state index in [1.807, 2.05) is 25.1 Å². The first-order valence-corrected chi connectivity index (χ1v) is 9.30. The van der Waals surface area contributed by atoms with Crippen molar-refractivity contribution in [2.75, 3.05) is 11.9 Å². The number of rotatable bonds is 2. The van der Waals surface area contributed by atoms with Crippen LogP contribution in [0.3, 0.4) is 0 Å². The van der Waals surface area contributed by atoms with Gasteiger partial charge in [-0.1, -0.05) is 6.07 Å².